The van der Waals surface area contributed by atoms with Gasteiger partial charge in [0, 0.05) is 55.2 Å². The maximum Gasteiger partial charge on any atom is 0.225 e. The Morgan fingerprint density at radius 1 is 1.00 bits per heavy atom. The van der Waals surface area contributed by atoms with Gasteiger partial charge in [-0.15, -0.1) is 11.6 Å². The fraction of sp³-hybridized carbons (Fsp3) is 0.333. The zero-order valence-corrected chi connectivity index (χ0v) is 13.1. The van der Waals surface area contributed by atoms with Crippen molar-refractivity contribution in [3.63, 3.8) is 0 Å². The fourth-order valence-corrected chi connectivity index (χ4v) is 2.94. The molecule has 0 radical (unpaired) electrons. The van der Waals surface area contributed by atoms with Crippen LogP contribution in [0.2, 0.25) is 5.02 Å². The van der Waals surface area contributed by atoms with E-state index in [0.29, 0.717) is 5.88 Å². The molecule has 1 aromatic carbocycles. The minimum absolute atomic E-state index is 0.495. The predicted molar refractivity (Wildman–Crippen MR) is 87.5 cm³/mol. The minimum Gasteiger partial charge on any atom is -0.368 e. The van der Waals surface area contributed by atoms with Gasteiger partial charge in [0.1, 0.15) is 0 Å². The maximum atomic E-state index is 6.12. The van der Waals surface area contributed by atoms with Crippen molar-refractivity contribution in [2.24, 2.45) is 0 Å². The van der Waals surface area contributed by atoms with Crippen LogP contribution in [0.3, 0.4) is 0 Å². The van der Waals surface area contributed by atoms with E-state index in [-0.39, 0.29) is 0 Å². The van der Waals surface area contributed by atoms with Crippen LogP contribution in [0, 0.1) is 0 Å². The largest absolute Gasteiger partial charge is 0.368 e. The van der Waals surface area contributed by atoms with Crippen LogP contribution in [0.4, 0.5) is 11.6 Å². The van der Waals surface area contributed by atoms with E-state index in [1.807, 2.05) is 24.3 Å². The molecule has 2 heterocycles. The highest BCUT2D eigenvalue weighted by atomic mass is 35.5. The number of anilines is 2. The molecular formula is C15H16Cl2N4. The van der Waals surface area contributed by atoms with Crippen molar-refractivity contribution in [1.82, 2.24) is 9.97 Å². The van der Waals surface area contributed by atoms with Gasteiger partial charge in [0.15, 0.2) is 0 Å². The fourth-order valence-electron chi connectivity index (χ4n) is 2.55. The van der Waals surface area contributed by atoms with Crippen molar-refractivity contribution in [2.75, 3.05) is 36.0 Å². The first-order chi connectivity index (χ1) is 10.3. The monoisotopic (exact) mass is 322 g/mol. The first kappa shape index (κ1) is 14.4. The average Bonchev–Trinajstić information content (AvgIpc) is 2.56. The lowest BCUT2D eigenvalue weighted by Crippen LogP contribution is -2.47. The van der Waals surface area contributed by atoms with Crippen LogP contribution in [0.5, 0.6) is 0 Å². The molecule has 0 atom stereocenters. The van der Waals surface area contributed by atoms with Gasteiger partial charge in [-0.25, -0.2) is 9.97 Å². The van der Waals surface area contributed by atoms with E-state index in [1.165, 1.54) is 0 Å². The number of aromatic nitrogens is 2. The van der Waals surface area contributed by atoms with Crippen molar-refractivity contribution in [3.8, 4) is 0 Å². The highest BCUT2D eigenvalue weighted by Gasteiger charge is 2.20. The molecule has 1 aliphatic heterocycles. The van der Waals surface area contributed by atoms with Crippen LogP contribution >= 0.6 is 23.2 Å². The van der Waals surface area contributed by atoms with Crippen LogP contribution in [0.25, 0.3) is 0 Å². The van der Waals surface area contributed by atoms with Gasteiger partial charge >= 0.3 is 0 Å². The topological polar surface area (TPSA) is 32.3 Å². The van der Waals surface area contributed by atoms with Gasteiger partial charge in [-0.1, -0.05) is 17.7 Å². The Kier molecular flexibility index (Phi) is 4.46. The van der Waals surface area contributed by atoms with E-state index in [9.17, 15) is 0 Å². The summed E-state index contributed by atoms with van der Waals surface area (Å²) < 4.78 is 0. The molecule has 3 rings (SSSR count). The number of hydrogen-bond acceptors (Lipinski definition) is 4. The van der Waals surface area contributed by atoms with Crippen LogP contribution < -0.4 is 9.80 Å². The standard InChI is InChI=1S/C15H16Cl2N4/c16-11-12-2-3-13(17)10-14(12)20-6-8-21(9-7-20)15-18-4-1-5-19-15/h1-5,10H,6-9,11H2. The number of hydrogen-bond donors (Lipinski definition) is 0. The molecule has 0 saturated carbocycles. The summed E-state index contributed by atoms with van der Waals surface area (Å²) in [5.41, 5.74) is 2.25. The summed E-state index contributed by atoms with van der Waals surface area (Å²) in [6.07, 6.45) is 3.55. The molecule has 2 aromatic rings. The summed E-state index contributed by atoms with van der Waals surface area (Å²) in [6, 6.07) is 7.71. The number of piperazine rings is 1. The molecule has 1 fully saturated rings. The summed E-state index contributed by atoms with van der Waals surface area (Å²) in [7, 11) is 0. The zero-order chi connectivity index (χ0) is 14.7. The van der Waals surface area contributed by atoms with Crippen molar-refractivity contribution in [3.05, 3.63) is 47.2 Å². The first-order valence-electron chi connectivity index (χ1n) is 6.89. The lowest BCUT2D eigenvalue weighted by Gasteiger charge is -2.36. The predicted octanol–water partition coefficient (Wildman–Crippen LogP) is 3.20. The summed E-state index contributed by atoms with van der Waals surface area (Å²) in [5.74, 6) is 1.29. The number of halogens is 2. The number of rotatable bonds is 3. The van der Waals surface area contributed by atoms with Crippen LogP contribution in [-0.4, -0.2) is 36.1 Å². The molecule has 0 N–H and O–H groups in total. The normalized spacial score (nSPS) is 15.3. The van der Waals surface area contributed by atoms with Crippen molar-refractivity contribution in [1.29, 1.82) is 0 Å². The second kappa shape index (κ2) is 6.50. The van der Waals surface area contributed by atoms with Gasteiger partial charge in [0.05, 0.1) is 0 Å². The highest BCUT2D eigenvalue weighted by Crippen LogP contribution is 2.27. The Labute approximate surface area is 134 Å². The van der Waals surface area contributed by atoms with E-state index >= 15 is 0 Å². The Morgan fingerprint density at radius 2 is 1.67 bits per heavy atom. The van der Waals surface area contributed by atoms with Crippen molar-refractivity contribution < 1.29 is 0 Å². The third-order valence-electron chi connectivity index (χ3n) is 3.65. The Hall–Kier alpha value is -1.52. The SMILES string of the molecule is ClCc1ccc(Cl)cc1N1CCN(c2ncccn2)CC1. The smallest absolute Gasteiger partial charge is 0.225 e. The molecule has 0 aliphatic carbocycles. The van der Waals surface area contributed by atoms with Crippen molar-refractivity contribution in [2.45, 2.75) is 5.88 Å². The molecule has 1 aromatic heterocycles. The molecule has 21 heavy (non-hydrogen) atoms. The second-order valence-electron chi connectivity index (χ2n) is 4.93. The summed E-state index contributed by atoms with van der Waals surface area (Å²) in [6.45, 7) is 3.58. The van der Waals surface area contributed by atoms with Gasteiger partial charge in [-0.05, 0) is 23.8 Å². The Balaban J connectivity index is 1.73. The third kappa shape index (κ3) is 3.22. The molecule has 0 amide bonds. The van der Waals surface area contributed by atoms with E-state index in [0.717, 1.165) is 48.4 Å². The van der Waals surface area contributed by atoms with Crippen LogP contribution in [0.1, 0.15) is 5.56 Å². The zero-order valence-electron chi connectivity index (χ0n) is 11.5. The highest BCUT2D eigenvalue weighted by molar-refractivity contribution is 6.31. The Bertz CT molecular complexity index is 598. The lowest BCUT2D eigenvalue weighted by atomic mass is 10.1. The second-order valence-corrected chi connectivity index (χ2v) is 5.63. The van der Waals surface area contributed by atoms with E-state index in [4.69, 9.17) is 23.2 Å². The molecule has 0 spiro atoms. The lowest BCUT2D eigenvalue weighted by molar-refractivity contribution is 0.639. The molecule has 0 unspecified atom stereocenters. The number of benzene rings is 1. The molecular weight excluding hydrogens is 307 g/mol. The number of nitrogens with zero attached hydrogens (tertiary/aromatic N) is 4. The van der Waals surface area contributed by atoms with Crippen LogP contribution in [-0.2, 0) is 5.88 Å². The van der Waals surface area contributed by atoms with Crippen LogP contribution in [0.15, 0.2) is 36.7 Å². The maximum absolute atomic E-state index is 6.12. The summed E-state index contributed by atoms with van der Waals surface area (Å²) in [4.78, 5) is 13.1. The average molecular weight is 323 g/mol. The summed E-state index contributed by atoms with van der Waals surface area (Å²) >= 11 is 12.1. The van der Waals surface area contributed by atoms with Gasteiger partial charge < -0.3 is 9.80 Å². The third-order valence-corrected chi connectivity index (χ3v) is 4.17. The quantitative estimate of drug-likeness (QED) is 0.812. The Morgan fingerprint density at radius 3 is 2.33 bits per heavy atom. The van der Waals surface area contributed by atoms with Gasteiger partial charge in [0.25, 0.3) is 0 Å². The van der Waals surface area contributed by atoms with E-state index < -0.39 is 0 Å². The molecule has 1 aliphatic rings. The van der Waals surface area contributed by atoms with Gasteiger partial charge in [0.2, 0.25) is 5.95 Å². The molecule has 4 nitrogen and oxygen atoms in total. The van der Waals surface area contributed by atoms with E-state index in [1.54, 1.807) is 12.4 Å². The number of alkyl halides is 1. The van der Waals surface area contributed by atoms with Gasteiger partial charge in [-0.2, -0.15) is 0 Å². The molecule has 1 saturated heterocycles. The van der Waals surface area contributed by atoms with Crippen molar-refractivity contribution >= 4 is 34.8 Å². The first-order valence-corrected chi connectivity index (χ1v) is 7.80. The molecule has 110 valence electrons. The minimum atomic E-state index is 0.495. The summed E-state index contributed by atoms with van der Waals surface area (Å²) in [5, 5.41) is 0.743. The molecule has 0 bridgehead atoms. The van der Waals surface area contributed by atoms with E-state index in [2.05, 4.69) is 19.8 Å². The van der Waals surface area contributed by atoms with Gasteiger partial charge in [-0.3, -0.25) is 0 Å². The molecule has 6 heteroatoms.